The largest absolute Gasteiger partial charge is 0.329 e. The van der Waals surface area contributed by atoms with Gasteiger partial charge in [0, 0.05) is 16.6 Å². The van der Waals surface area contributed by atoms with E-state index in [0.717, 1.165) is 0 Å². The van der Waals surface area contributed by atoms with Crippen LogP contribution < -0.4 is 10.5 Å². The fourth-order valence-corrected chi connectivity index (χ4v) is 3.38. The SMILES string of the molecule is CC(C)(CN)NS(=O)(=O)c1cc(Br)cc(C#N)c1. The molecule has 3 N–H and O–H groups in total. The normalized spacial score (nSPS) is 12.2. The van der Waals surface area contributed by atoms with Crippen molar-refractivity contribution < 1.29 is 8.42 Å². The molecule has 0 aliphatic carbocycles. The van der Waals surface area contributed by atoms with Crippen molar-refractivity contribution in [1.82, 2.24) is 4.72 Å². The summed E-state index contributed by atoms with van der Waals surface area (Å²) in [5.74, 6) is 0. The molecule has 0 atom stereocenters. The van der Waals surface area contributed by atoms with Crippen LogP contribution in [-0.2, 0) is 10.0 Å². The fourth-order valence-electron chi connectivity index (χ4n) is 1.25. The first-order chi connectivity index (χ1) is 8.20. The van der Waals surface area contributed by atoms with Gasteiger partial charge in [-0.1, -0.05) is 15.9 Å². The summed E-state index contributed by atoms with van der Waals surface area (Å²) in [4.78, 5) is 0.0370. The van der Waals surface area contributed by atoms with Crippen LogP contribution in [0, 0.1) is 11.3 Å². The molecular formula is C11H14BrN3O2S. The van der Waals surface area contributed by atoms with Gasteiger partial charge in [0.15, 0.2) is 0 Å². The van der Waals surface area contributed by atoms with E-state index in [1.807, 2.05) is 6.07 Å². The minimum Gasteiger partial charge on any atom is -0.329 e. The first-order valence-electron chi connectivity index (χ1n) is 5.15. The molecule has 0 heterocycles. The lowest BCUT2D eigenvalue weighted by Crippen LogP contribution is -2.48. The third kappa shape index (κ3) is 3.78. The van der Waals surface area contributed by atoms with Crippen molar-refractivity contribution in [3.63, 3.8) is 0 Å². The number of nitrogens with two attached hydrogens (primary N) is 1. The lowest BCUT2D eigenvalue weighted by Gasteiger charge is -2.23. The van der Waals surface area contributed by atoms with Gasteiger partial charge in [-0.25, -0.2) is 13.1 Å². The van der Waals surface area contributed by atoms with Crippen molar-refractivity contribution in [3.8, 4) is 6.07 Å². The second kappa shape index (κ2) is 5.36. The maximum absolute atomic E-state index is 12.1. The summed E-state index contributed by atoms with van der Waals surface area (Å²) in [5.41, 5.74) is 5.02. The molecule has 0 aromatic heterocycles. The Morgan fingerprint density at radius 3 is 2.56 bits per heavy atom. The van der Waals surface area contributed by atoms with Crippen LogP contribution in [0.5, 0.6) is 0 Å². The van der Waals surface area contributed by atoms with Gasteiger partial charge in [-0.2, -0.15) is 5.26 Å². The Morgan fingerprint density at radius 2 is 2.06 bits per heavy atom. The quantitative estimate of drug-likeness (QED) is 0.869. The lowest BCUT2D eigenvalue weighted by atomic mass is 10.1. The molecule has 0 aliphatic rings. The molecule has 0 bridgehead atoms. The van der Waals surface area contributed by atoms with Crippen molar-refractivity contribution >= 4 is 26.0 Å². The number of rotatable bonds is 4. The molecule has 0 radical (unpaired) electrons. The topological polar surface area (TPSA) is 96.0 Å². The monoisotopic (exact) mass is 331 g/mol. The summed E-state index contributed by atoms with van der Waals surface area (Å²) in [5, 5.41) is 8.82. The maximum atomic E-state index is 12.1. The summed E-state index contributed by atoms with van der Waals surface area (Å²) < 4.78 is 27.3. The minimum atomic E-state index is -3.70. The molecule has 1 aromatic carbocycles. The summed E-state index contributed by atoms with van der Waals surface area (Å²) in [6.07, 6.45) is 0. The van der Waals surface area contributed by atoms with Gasteiger partial charge in [0.05, 0.1) is 16.5 Å². The van der Waals surface area contributed by atoms with Gasteiger partial charge in [0.25, 0.3) is 0 Å². The van der Waals surface area contributed by atoms with Gasteiger partial charge < -0.3 is 5.73 Å². The van der Waals surface area contributed by atoms with Gasteiger partial charge in [0.1, 0.15) is 0 Å². The van der Waals surface area contributed by atoms with Gasteiger partial charge in [-0.3, -0.25) is 0 Å². The molecule has 0 amide bonds. The molecule has 18 heavy (non-hydrogen) atoms. The molecule has 0 spiro atoms. The zero-order valence-corrected chi connectivity index (χ0v) is 12.5. The van der Waals surface area contributed by atoms with Crippen molar-refractivity contribution in [1.29, 1.82) is 5.26 Å². The Bertz CT molecular complexity index is 591. The molecule has 0 fully saturated rings. The molecule has 0 saturated carbocycles. The van der Waals surface area contributed by atoms with Crippen LogP contribution in [0.3, 0.4) is 0 Å². The van der Waals surface area contributed by atoms with Gasteiger partial charge >= 0.3 is 0 Å². The van der Waals surface area contributed by atoms with Gasteiger partial charge in [-0.15, -0.1) is 0 Å². The number of hydrogen-bond donors (Lipinski definition) is 2. The highest BCUT2D eigenvalue weighted by atomic mass is 79.9. The van der Waals surface area contributed by atoms with Crippen molar-refractivity contribution in [2.75, 3.05) is 6.54 Å². The van der Waals surface area contributed by atoms with Crippen molar-refractivity contribution in [2.24, 2.45) is 5.73 Å². The van der Waals surface area contributed by atoms with E-state index in [2.05, 4.69) is 20.7 Å². The lowest BCUT2D eigenvalue weighted by molar-refractivity contribution is 0.462. The summed E-state index contributed by atoms with van der Waals surface area (Å²) in [6, 6.07) is 6.22. The van der Waals surface area contributed by atoms with Crippen LogP contribution >= 0.6 is 15.9 Å². The van der Waals surface area contributed by atoms with E-state index in [-0.39, 0.29) is 17.0 Å². The molecule has 1 aromatic rings. The van der Waals surface area contributed by atoms with E-state index in [1.165, 1.54) is 12.1 Å². The van der Waals surface area contributed by atoms with Crippen LogP contribution in [-0.4, -0.2) is 20.5 Å². The first kappa shape index (κ1) is 15.1. The highest BCUT2D eigenvalue weighted by Gasteiger charge is 2.25. The third-order valence-electron chi connectivity index (χ3n) is 2.23. The first-order valence-corrected chi connectivity index (χ1v) is 7.42. The van der Waals surface area contributed by atoms with E-state index < -0.39 is 15.6 Å². The number of sulfonamides is 1. The molecule has 98 valence electrons. The van der Waals surface area contributed by atoms with E-state index in [1.54, 1.807) is 19.9 Å². The summed E-state index contributed by atoms with van der Waals surface area (Å²) in [6.45, 7) is 3.55. The summed E-state index contributed by atoms with van der Waals surface area (Å²) in [7, 11) is -3.70. The molecule has 7 heteroatoms. The minimum absolute atomic E-state index is 0.0370. The molecular weight excluding hydrogens is 318 g/mol. The molecule has 0 saturated heterocycles. The van der Waals surface area contributed by atoms with Crippen LogP contribution in [0.15, 0.2) is 27.6 Å². The van der Waals surface area contributed by atoms with Gasteiger partial charge in [-0.05, 0) is 32.0 Å². The van der Waals surface area contributed by atoms with Crippen LogP contribution in [0.2, 0.25) is 0 Å². The molecule has 5 nitrogen and oxygen atoms in total. The number of hydrogen-bond acceptors (Lipinski definition) is 4. The Hall–Kier alpha value is -0.940. The summed E-state index contributed by atoms with van der Waals surface area (Å²) >= 11 is 3.17. The van der Waals surface area contributed by atoms with Crippen molar-refractivity contribution in [3.05, 3.63) is 28.2 Å². The van der Waals surface area contributed by atoms with E-state index in [4.69, 9.17) is 11.0 Å². The number of nitriles is 1. The van der Waals surface area contributed by atoms with Crippen LogP contribution in [0.4, 0.5) is 0 Å². The number of benzene rings is 1. The Morgan fingerprint density at radius 1 is 1.44 bits per heavy atom. The predicted octanol–water partition coefficient (Wildman–Crippen LogP) is 1.34. The van der Waals surface area contributed by atoms with Crippen LogP contribution in [0.25, 0.3) is 0 Å². The Labute approximate surface area is 115 Å². The molecule has 0 aliphatic heterocycles. The highest BCUT2D eigenvalue weighted by molar-refractivity contribution is 9.10. The molecule has 1 rings (SSSR count). The van der Waals surface area contributed by atoms with E-state index in [0.29, 0.717) is 4.47 Å². The highest BCUT2D eigenvalue weighted by Crippen LogP contribution is 2.20. The van der Waals surface area contributed by atoms with Gasteiger partial charge in [0.2, 0.25) is 10.0 Å². The Kier molecular flexibility index (Phi) is 4.50. The predicted molar refractivity (Wildman–Crippen MR) is 72.3 cm³/mol. The molecule has 0 unspecified atom stereocenters. The average Bonchev–Trinajstić information content (AvgIpc) is 2.27. The van der Waals surface area contributed by atoms with Crippen molar-refractivity contribution in [2.45, 2.75) is 24.3 Å². The van der Waals surface area contributed by atoms with E-state index in [9.17, 15) is 8.42 Å². The average molecular weight is 332 g/mol. The number of halogens is 1. The third-order valence-corrected chi connectivity index (χ3v) is 4.37. The second-order valence-corrected chi connectivity index (χ2v) is 7.08. The maximum Gasteiger partial charge on any atom is 0.241 e. The fraction of sp³-hybridized carbons (Fsp3) is 0.364. The second-order valence-electron chi connectivity index (χ2n) is 4.48. The zero-order valence-electron chi connectivity index (χ0n) is 10.1. The standard InChI is InChI=1S/C11H14BrN3O2S/c1-11(2,7-14)15-18(16,17)10-4-8(6-13)3-9(12)5-10/h3-5,15H,7,14H2,1-2H3. The number of nitrogens with one attached hydrogen (secondary N) is 1. The smallest absolute Gasteiger partial charge is 0.241 e. The van der Waals surface area contributed by atoms with Crippen LogP contribution in [0.1, 0.15) is 19.4 Å². The zero-order chi connectivity index (χ0) is 14.0. The number of nitrogens with zero attached hydrogens (tertiary/aromatic N) is 1. The Balaban J connectivity index is 3.22. The van der Waals surface area contributed by atoms with E-state index >= 15 is 0 Å².